The van der Waals surface area contributed by atoms with Gasteiger partial charge in [0.05, 0.1) is 0 Å². The number of nitrogens with one attached hydrogen (secondary N) is 2. The van der Waals surface area contributed by atoms with E-state index < -0.39 is 0 Å². The van der Waals surface area contributed by atoms with Crippen LogP contribution in [0.2, 0.25) is 0 Å². The number of rotatable bonds is 3. The molecule has 2 aliphatic rings. The molecule has 0 aromatic rings. The van der Waals surface area contributed by atoms with Gasteiger partial charge in [0, 0.05) is 32.2 Å². The Labute approximate surface area is 117 Å². The first-order valence-electron chi connectivity index (χ1n) is 7.69. The summed E-state index contributed by atoms with van der Waals surface area (Å²) >= 11 is 0. The van der Waals surface area contributed by atoms with Gasteiger partial charge in [-0.25, -0.2) is 0 Å². The number of hydrogen-bond acceptors (Lipinski definition) is 3. The van der Waals surface area contributed by atoms with Crippen LogP contribution in [0.1, 0.15) is 40.5 Å². The van der Waals surface area contributed by atoms with Gasteiger partial charge in [0.25, 0.3) is 0 Å². The summed E-state index contributed by atoms with van der Waals surface area (Å²) in [6.07, 6.45) is 2.48. The Morgan fingerprint density at radius 2 is 2.16 bits per heavy atom. The number of hydrogen-bond donors (Lipinski definition) is 2. The van der Waals surface area contributed by atoms with E-state index in [-0.39, 0.29) is 11.9 Å². The summed E-state index contributed by atoms with van der Waals surface area (Å²) in [5, 5.41) is 6.34. The Balaban J connectivity index is 2.09. The molecular weight excluding hydrogens is 238 g/mol. The van der Waals surface area contributed by atoms with Crippen molar-refractivity contribution < 1.29 is 4.79 Å². The van der Waals surface area contributed by atoms with Crippen molar-refractivity contribution in [2.75, 3.05) is 26.2 Å². The van der Waals surface area contributed by atoms with Crippen LogP contribution in [0.25, 0.3) is 0 Å². The zero-order valence-electron chi connectivity index (χ0n) is 12.8. The quantitative estimate of drug-likeness (QED) is 0.808. The highest BCUT2D eigenvalue weighted by Crippen LogP contribution is 2.43. The molecular formula is C15H29N3O. The minimum Gasteiger partial charge on any atom is -0.355 e. The van der Waals surface area contributed by atoms with Crippen LogP contribution >= 0.6 is 0 Å². The van der Waals surface area contributed by atoms with Gasteiger partial charge < -0.3 is 10.6 Å². The number of amides is 1. The first-order chi connectivity index (χ1) is 8.94. The second-order valence-corrected chi connectivity index (χ2v) is 6.97. The zero-order chi connectivity index (χ0) is 14.0. The molecule has 3 unspecified atom stereocenters. The van der Waals surface area contributed by atoms with E-state index >= 15 is 0 Å². The molecule has 4 heteroatoms. The number of nitrogens with zero attached hydrogens (tertiary/aromatic N) is 1. The SMILES string of the molecule is CCNC(=O)C1CNCCN1C1CC(C)(C)CC1C. The van der Waals surface area contributed by atoms with Crippen molar-refractivity contribution in [2.24, 2.45) is 11.3 Å². The van der Waals surface area contributed by atoms with E-state index in [2.05, 4.69) is 36.3 Å². The molecule has 2 rings (SSSR count). The topological polar surface area (TPSA) is 44.4 Å². The van der Waals surface area contributed by atoms with Crippen molar-refractivity contribution in [3.05, 3.63) is 0 Å². The molecule has 2 N–H and O–H groups in total. The number of carbonyl (C=O) groups excluding carboxylic acids is 1. The Kier molecular flexibility index (Phi) is 4.51. The molecule has 1 aliphatic heterocycles. The Hall–Kier alpha value is -0.610. The van der Waals surface area contributed by atoms with Crippen LogP contribution in [-0.4, -0.2) is 49.1 Å². The summed E-state index contributed by atoms with van der Waals surface area (Å²) < 4.78 is 0. The van der Waals surface area contributed by atoms with Gasteiger partial charge in [-0.1, -0.05) is 20.8 Å². The van der Waals surface area contributed by atoms with Crippen LogP contribution in [-0.2, 0) is 4.79 Å². The lowest BCUT2D eigenvalue weighted by Gasteiger charge is -2.41. The average molecular weight is 267 g/mol. The van der Waals surface area contributed by atoms with Crippen LogP contribution in [0.15, 0.2) is 0 Å². The van der Waals surface area contributed by atoms with Gasteiger partial charge in [0.2, 0.25) is 5.91 Å². The van der Waals surface area contributed by atoms with Gasteiger partial charge in [-0.05, 0) is 31.1 Å². The Morgan fingerprint density at radius 1 is 1.42 bits per heavy atom. The number of likely N-dealkylation sites (N-methyl/N-ethyl adjacent to an activating group) is 1. The first kappa shape index (κ1) is 14.8. The van der Waals surface area contributed by atoms with Gasteiger partial charge in [-0.2, -0.15) is 0 Å². The maximum Gasteiger partial charge on any atom is 0.238 e. The molecule has 110 valence electrons. The molecule has 1 heterocycles. The minimum absolute atomic E-state index is 0.00931. The van der Waals surface area contributed by atoms with Gasteiger partial charge in [0.15, 0.2) is 0 Å². The molecule has 3 atom stereocenters. The molecule has 4 nitrogen and oxygen atoms in total. The monoisotopic (exact) mass is 267 g/mol. The normalized spacial score (nSPS) is 35.3. The van der Waals surface area contributed by atoms with Gasteiger partial charge in [-0.3, -0.25) is 9.69 Å². The summed E-state index contributed by atoms with van der Waals surface area (Å²) in [4.78, 5) is 14.7. The van der Waals surface area contributed by atoms with Gasteiger partial charge in [-0.15, -0.1) is 0 Å². The zero-order valence-corrected chi connectivity index (χ0v) is 12.8. The highest BCUT2D eigenvalue weighted by molar-refractivity contribution is 5.82. The molecule has 1 saturated heterocycles. The van der Waals surface area contributed by atoms with Crippen LogP contribution in [0.5, 0.6) is 0 Å². The van der Waals surface area contributed by atoms with Crippen molar-refractivity contribution in [3.63, 3.8) is 0 Å². The first-order valence-corrected chi connectivity index (χ1v) is 7.69. The Morgan fingerprint density at radius 3 is 2.74 bits per heavy atom. The Bertz CT molecular complexity index is 329. The molecule has 0 radical (unpaired) electrons. The van der Waals surface area contributed by atoms with Gasteiger partial charge in [0.1, 0.15) is 6.04 Å². The average Bonchev–Trinajstić information content (AvgIpc) is 2.63. The molecule has 0 aromatic heterocycles. The van der Waals surface area contributed by atoms with E-state index in [0.717, 1.165) is 26.2 Å². The van der Waals surface area contributed by atoms with Crippen molar-refractivity contribution in [1.82, 2.24) is 15.5 Å². The molecule has 1 saturated carbocycles. The van der Waals surface area contributed by atoms with Crippen molar-refractivity contribution >= 4 is 5.91 Å². The maximum absolute atomic E-state index is 12.2. The van der Waals surface area contributed by atoms with E-state index in [0.29, 0.717) is 17.4 Å². The molecule has 1 aliphatic carbocycles. The van der Waals surface area contributed by atoms with Crippen molar-refractivity contribution in [2.45, 2.75) is 52.6 Å². The molecule has 0 aromatic carbocycles. The van der Waals surface area contributed by atoms with Crippen LogP contribution < -0.4 is 10.6 Å². The molecule has 1 amide bonds. The fraction of sp³-hybridized carbons (Fsp3) is 0.933. The third-order valence-electron chi connectivity index (χ3n) is 4.66. The minimum atomic E-state index is 0.00931. The summed E-state index contributed by atoms with van der Waals surface area (Å²) in [6.45, 7) is 12.5. The molecule has 19 heavy (non-hydrogen) atoms. The largest absolute Gasteiger partial charge is 0.355 e. The van der Waals surface area contributed by atoms with Gasteiger partial charge >= 0.3 is 0 Å². The fourth-order valence-corrected chi connectivity index (χ4v) is 3.95. The van der Waals surface area contributed by atoms with Crippen molar-refractivity contribution in [1.29, 1.82) is 0 Å². The lowest BCUT2D eigenvalue weighted by molar-refractivity contribution is -0.128. The molecule has 0 spiro atoms. The lowest BCUT2D eigenvalue weighted by Crippen LogP contribution is -2.61. The third-order valence-corrected chi connectivity index (χ3v) is 4.66. The summed E-state index contributed by atoms with van der Waals surface area (Å²) in [5.74, 6) is 0.872. The van der Waals surface area contributed by atoms with E-state index in [1.54, 1.807) is 0 Å². The number of piperazine rings is 1. The molecule has 2 fully saturated rings. The highest BCUT2D eigenvalue weighted by atomic mass is 16.2. The predicted molar refractivity (Wildman–Crippen MR) is 78.0 cm³/mol. The van der Waals surface area contributed by atoms with E-state index in [4.69, 9.17) is 0 Å². The number of carbonyl (C=O) groups is 1. The molecule has 0 bridgehead atoms. The van der Waals surface area contributed by atoms with Crippen molar-refractivity contribution in [3.8, 4) is 0 Å². The summed E-state index contributed by atoms with van der Waals surface area (Å²) in [7, 11) is 0. The third kappa shape index (κ3) is 3.29. The fourth-order valence-electron chi connectivity index (χ4n) is 3.95. The summed E-state index contributed by atoms with van der Waals surface area (Å²) in [6, 6.07) is 0.569. The maximum atomic E-state index is 12.2. The second kappa shape index (κ2) is 5.80. The van der Waals surface area contributed by atoms with Crippen LogP contribution in [0.3, 0.4) is 0 Å². The second-order valence-electron chi connectivity index (χ2n) is 6.97. The van der Waals surface area contributed by atoms with E-state index in [1.165, 1.54) is 12.8 Å². The standard InChI is InChI=1S/C15H29N3O/c1-5-17-14(19)13-10-16-6-7-18(13)12-9-15(3,4)8-11(12)2/h11-13,16H,5-10H2,1-4H3,(H,17,19). The highest BCUT2D eigenvalue weighted by Gasteiger charge is 2.43. The van der Waals surface area contributed by atoms with Crippen LogP contribution in [0.4, 0.5) is 0 Å². The predicted octanol–water partition coefficient (Wildman–Crippen LogP) is 1.22. The van der Waals surface area contributed by atoms with Crippen LogP contribution in [0, 0.1) is 11.3 Å². The lowest BCUT2D eigenvalue weighted by atomic mass is 9.91. The van der Waals surface area contributed by atoms with E-state index in [1.807, 2.05) is 6.92 Å². The summed E-state index contributed by atoms with van der Waals surface area (Å²) in [5.41, 5.74) is 0.417. The smallest absolute Gasteiger partial charge is 0.238 e. The van der Waals surface area contributed by atoms with E-state index in [9.17, 15) is 4.79 Å².